The number of nitrogens with zero attached hydrogens (tertiary/aromatic N) is 2. The zero-order valence-electron chi connectivity index (χ0n) is 15.9. The maximum atomic E-state index is 5.98. The average Bonchev–Trinajstić information content (AvgIpc) is 2.63. The molecule has 2 fully saturated rings. The molecule has 0 bridgehead atoms. The van der Waals surface area contributed by atoms with E-state index in [-0.39, 0.29) is 0 Å². The van der Waals surface area contributed by atoms with Gasteiger partial charge in [-0.25, -0.2) is 0 Å². The highest BCUT2D eigenvalue weighted by Gasteiger charge is 2.23. The minimum atomic E-state index is 0.332. The minimum absolute atomic E-state index is 0.332. The van der Waals surface area contributed by atoms with Crippen LogP contribution in [0.3, 0.4) is 0 Å². The lowest BCUT2D eigenvalue weighted by Gasteiger charge is -2.36. The summed E-state index contributed by atoms with van der Waals surface area (Å²) in [5.41, 5.74) is 1.37. The van der Waals surface area contributed by atoms with Crippen molar-refractivity contribution < 1.29 is 9.47 Å². The Labute approximate surface area is 153 Å². The maximum absolute atomic E-state index is 5.98. The van der Waals surface area contributed by atoms with Gasteiger partial charge in [0.05, 0.1) is 25.4 Å². The molecule has 25 heavy (non-hydrogen) atoms. The van der Waals surface area contributed by atoms with Gasteiger partial charge in [-0.1, -0.05) is 30.3 Å². The lowest BCUT2D eigenvalue weighted by Crippen LogP contribution is -2.46. The fourth-order valence-electron chi connectivity index (χ4n) is 3.91. The van der Waals surface area contributed by atoms with Gasteiger partial charge in [0.15, 0.2) is 0 Å². The monoisotopic (exact) mass is 346 g/mol. The molecule has 0 N–H and O–H groups in total. The van der Waals surface area contributed by atoms with Crippen LogP contribution in [0.2, 0.25) is 0 Å². The third-order valence-electron chi connectivity index (χ3n) is 5.43. The van der Waals surface area contributed by atoms with Gasteiger partial charge in [-0.3, -0.25) is 9.80 Å². The summed E-state index contributed by atoms with van der Waals surface area (Å²) in [5, 5.41) is 0. The predicted octanol–water partition coefficient (Wildman–Crippen LogP) is 2.82. The molecule has 2 aliphatic heterocycles. The molecule has 2 aliphatic rings. The Bertz CT molecular complexity index is 494. The van der Waals surface area contributed by atoms with Crippen LogP contribution in [0.5, 0.6) is 0 Å². The van der Waals surface area contributed by atoms with Crippen LogP contribution >= 0.6 is 0 Å². The lowest BCUT2D eigenvalue weighted by atomic mass is 10.1. The van der Waals surface area contributed by atoms with E-state index in [0.717, 1.165) is 52.4 Å². The number of morpholine rings is 2. The fraction of sp³-hybridized carbons (Fsp3) is 0.714. The van der Waals surface area contributed by atoms with E-state index in [1.165, 1.54) is 18.4 Å². The van der Waals surface area contributed by atoms with Gasteiger partial charge >= 0.3 is 0 Å². The van der Waals surface area contributed by atoms with Crippen molar-refractivity contribution >= 4 is 0 Å². The molecular formula is C21H34N2O2. The van der Waals surface area contributed by atoms with Crippen molar-refractivity contribution in [2.24, 2.45) is 0 Å². The van der Waals surface area contributed by atoms with Gasteiger partial charge in [0, 0.05) is 32.2 Å². The number of benzene rings is 1. The van der Waals surface area contributed by atoms with E-state index in [1.54, 1.807) is 0 Å². The maximum Gasteiger partial charge on any atom is 0.0742 e. The van der Waals surface area contributed by atoms with E-state index < -0.39 is 0 Å². The van der Waals surface area contributed by atoms with Crippen LogP contribution in [-0.2, 0) is 15.9 Å². The minimum Gasteiger partial charge on any atom is -0.376 e. The molecule has 1 aromatic rings. The highest BCUT2D eigenvalue weighted by atomic mass is 16.5. The largest absolute Gasteiger partial charge is 0.376 e. The van der Waals surface area contributed by atoms with Gasteiger partial charge in [0.2, 0.25) is 0 Å². The highest BCUT2D eigenvalue weighted by molar-refractivity contribution is 5.15. The van der Waals surface area contributed by atoms with Gasteiger partial charge < -0.3 is 9.47 Å². The topological polar surface area (TPSA) is 24.9 Å². The second kappa shape index (κ2) is 9.67. The molecule has 2 atom stereocenters. The molecular weight excluding hydrogens is 312 g/mol. The summed E-state index contributed by atoms with van der Waals surface area (Å²) in [6.07, 6.45) is 4.15. The smallest absolute Gasteiger partial charge is 0.0742 e. The first-order valence-electron chi connectivity index (χ1n) is 9.94. The van der Waals surface area contributed by atoms with Crippen molar-refractivity contribution in [3.8, 4) is 0 Å². The number of ether oxygens (including phenoxy) is 2. The molecule has 3 rings (SSSR count). The van der Waals surface area contributed by atoms with Crippen molar-refractivity contribution in [3.63, 3.8) is 0 Å². The van der Waals surface area contributed by atoms with Crippen LogP contribution in [0.1, 0.15) is 32.3 Å². The van der Waals surface area contributed by atoms with E-state index in [2.05, 4.69) is 54.0 Å². The Morgan fingerprint density at radius 3 is 2.56 bits per heavy atom. The molecule has 0 aliphatic carbocycles. The van der Waals surface area contributed by atoms with Crippen molar-refractivity contribution in [1.82, 2.24) is 9.80 Å². The van der Waals surface area contributed by atoms with Gasteiger partial charge in [-0.05, 0) is 45.2 Å². The standard InChI is InChI=1S/C21H34N2O2/c1-18(2)23-12-14-24-20(17-23)9-6-10-22-11-13-25-21(16-22)15-19-7-4-3-5-8-19/h3-5,7-8,18,20-21H,6,9-17H2,1-2H3. The molecule has 4 heteroatoms. The Hall–Kier alpha value is -0.940. The Balaban J connectivity index is 1.37. The van der Waals surface area contributed by atoms with Crippen LogP contribution < -0.4 is 0 Å². The SMILES string of the molecule is CC(C)N1CCOC(CCCN2CCOC(Cc3ccccc3)C2)C1. The zero-order chi connectivity index (χ0) is 17.5. The van der Waals surface area contributed by atoms with Crippen molar-refractivity contribution in [1.29, 1.82) is 0 Å². The van der Waals surface area contributed by atoms with E-state index in [1.807, 2.05) is 0 Å². The summed E-state index contributed by atoms with van der Waals surface area (Å²) in [5.74, 6) is 0. The normalized spacial score (nSPS) is 26.2. The molecule has 0 radical (unpaired) electrons. The van der Waals surface area contributed by atoms with Crippen LogP contribution in [0.4, 0.5) is 0 Å². The lowest BCUT2D eigenvalue weighted by molar-refractivity contribution is -0.0482. The first kappa shape index (κ1) is 18.8. The molecule has 0 spiro atoms. The second-order valence-corrected chi connectivity index (χ2v) is 7.71. The van der Waals surface area contributed by atoms with Crippen LogP contribution in [0, 0.1) is 0 Å². The second-order valence-electron chi connectivity index (χ2n) is 7.71. The summed E-state index contributed by atoms with van der Waals surface area (Å²) < 4.78 is 11.9. The molecule has 2 saturated heterocycles. The van der Waals surface area contributed by atoms with Crippen LogP contribution in [0.25, 0.3) is 0 Å². The van der Waals surface area contributed by atoms with E-state index in [4.69, 9.17) is 9.47 Å². The third-order valence-corrected chi connectivity index (χ3v) is 5.43. The molecule has 4 nitrogen and oxygen atoms in total. The average molecular weight is 347 g/mol. The summed E-state index contributed by atoms with van der Waals surface area (Å²) in [7, 11) is 0. The van der Waals surface area contributed by atoms with Crippen molar-refractivity contribution in [2.75, 3.05) is 45.9 Å². The molecule has 2 heterocycles. The molecule has 0 amide bonds. The molecule has 2 unspecified atom stereocenters. The number of hydrogen-bond donors (Lipinski definition) is 0. The molecule has 0 saturated carbocycles. The van der Waals surface area contributed by atoms with Gasteiger partial charge in [-0.15, -0.1) is 0 Å². The first-order chi connectivity index (χ1) is 12.2. The summed E-state index contributed by atoms with van der Waals surface area (Å²) >= 11 is 0. The van der Waals surface area contributed by atoms with Crippen LogP contribution in [-0.4, -0.2) is 74.0 Å². The molecule has 0 aromatic heterocycles. The molecule has 140 valence electrons. The van der Waals surface area contributed by atoms with Gasteiger partial charge in [-0.2, -0.15) is 0 Å². The van der Waals surface area contributed by atoms with Crippen molar-refractivity contribution in [2.45, 2.75) is 51.4 Å². The summed E-state index contributed by atoms with van der Waals surface area (Å²) in [4.78, 5) is 5.11. The van der Waals surface area contributed by atoms with E-state index in [0.29, 0.717) is 18.2 Å². The van der Waals surface area contributed by atoms with E-state index >= 15 is 0 Å². The van der Waals surface area contributed by atoms with Crippen LogP contribution in [0.15, 0.2) is 30.3 Å². The van der Waals surface area contributed by atoms with E-state index in [9.17, 15) is 0 Å². The number of hydrogen-bond acceptors (Lipinski definition) is 4. The van der Waals surface area contributed by atoms with Crippen molar-refractivity contribution in [3.05, 3.63) is 35.9 Å². The Morgan fingerprint density at radius 2 is 1.76 bits per heavy atom. The Kier molecular flexibility index (Phi) is 7.29. The third kappa shape index (κ3) is 6.07. The Morgan fingerprint density at radius 1 is 1.00 bits per heavy atom. The zero-order valence-corrected chi connectivity index (χ0v) is 15.9. The quantitative estimate of drug-likeness (QED) is 0.758. The first-order valence-corrected chi connectivity index (χ1v) is 9.94. The number of rotatable bonds is 7. The summed E-state index contributed by atoms with van der Waals surface area (Å²) in [6, 6.07) is 11.3. The highest BCUT2D eigenvalue weighted by Crippen LogP contribution is 2.15. The molecule has 1 aromatic carbocycles. The predicted molar refractivity (Wildman–Crippen MR) is 102 cm³/mol. The van der Waals surface area contributed by atoms with Gasteiger partial charge in [0.25, 0.3) is 0 Å². The fourth-order valence-corrected chi connectivity index (χ4v) is 3.91. The summed E-state index contributed by atoms with van der Waals surface area (Å²) in [6.45, 7) is 11.8. The van der Waals surface area contributed by atoms with Gasteiger partial charge in [0.1, 0.15) is 0 Å².